The Morgan fingerprint density at radius 2 is 1.74 bits per heavy atom. The highest BCUT2D eigenvalue weighted by Crippen LogP contribution is 2.20. The molecule has 2 N–H and O–H groups in total. The minimum atomic E-state index is -0.894. The molecule has 4 nitrogen and oxygen atoms in total. The number of rotatable bonds is 7. The highest BCUT2D eigenvalue weighted by molar-refractivity contribution is 5.91. The first-order valence-corrected chi connectivity index (χ1v) is 7.97. The fourth-order valence-corrected chi connectivity index (χ4v) is 2.67. The predicted octanol–water partition coefficient (Wildman–Crippen LogP) is 4.15. The third-order valence-corrected chi connectivity index (χ3v) is 4.11. The van der Waals surface area contributed by atoms with Crippen molar-refractivity contribution in [2.75, 3.05) is 23.3 Å². The van der Waals surface area contributed by atoms with E-state index in [0.29, 0.717) is 12.1 Å². The molecule has 0 atom stereocenters. The van der Waals surface area contributed by atoms with Gasteiger partial charge in [-0.15, -0.1) is 0 Å². The normalized spacial score (nSPS) is 10.4. The maximum atomic E-state index is 11.2. The number of carbonyl (C=O) groups is 1. The molecule has 0 saturated carbocycles. The van der Waals surface area contributed by atoms with Gasteiger partial charge in [-0.1, -0.05) is 18.2 Å². The quantitative estimate of drug-likeness (QED) is 0.806. The van der Waals surface area contributed by atoms with Crippen LogP contribution in [0.2, 0.25) is 0 Å². The zero-order valence-electron chi connectivity index (χ0n) is 14.0. The Kier molecular flexibility index (Phi) is 5.63. The van der Waals surface area contributed by atoms with Gasteiger partial charge in [-0.2, -0.15) is 0 Å². The first kappa shape index (κ1) is 16.9. The summed E-state index contributed by atoms with van der Waals surface area (Å²) in [5.74, 6) is -0.894. The summed E-state index contributed by atoms with van der Waals surface area (Å²) >= 11 is 0. The molecular weight excluding hydrogens is 288 g/mol. The lowest BCUT2D eigenvalue weighted by Gasteiger charge is -2.21. The van der Waals surface area contributed by atoms with Crippen LogP contribution >= 0.6 is 0 Å². The zero-order valence-corrected chi connectivity index (χ0v) is 14.0. The number of carboxylic acids is 1. The largest absolute Gasteiger partial charge is 0.478 e. The van der Waals surface area contributed by atoms with Gasteiger partial charge >= 0.3 is 5.97 Å². The third kappa shape index (κ3) is 4.03. The lowest BCUT2D eigenvalue weighted by molar-refractivity contribution is 0.0696. The van der Waals surface area contributed by atoms with E-state index in [9.17, 15) is 9.90 Å². The van der Waals surface area contributed by atoms with E-state index >= 15 is 0 Å². The third-order valence-electron chi connectivity index (χ3n) is 4.11. The predicted molar refractivity (Wildman–Crippen MR) is 95.5 cm³/mol. The maximum Gasteiger partial charge on any atom is 0.336 e. The lowest BCUT2D eigenvalue weighted by Crippen LogP contribution is -2.21. The fraction of sp³-hybridized carbons (Fsp3) is 0.316. The van der Waals surface area contributed by atoms with Gasteiger partial charge in [0.1, 0.15) is 0 Å². The Labute approximate surface area is 137 Å². The number of hydrogen-bond acceptors (Lipinski definition) is 3. The van der Waals surface area contributed by atoms with Crippen LogP contribution in [-0.2, 0) is 6.54 Å². The molecule has 0 aromatic heterocycles. The molecule has 0 aliphatic carbocycles. The van der Waals surface area contributed by atoms with Crippen LogP contribution in [0.5, 0.6) is 0 Å². The van der Waals surface area contributed by atoms with E-state index in [1.165, 1.54) is 11.3 Å². The number of aromatic carboxylic acids is 1. The van der Waals surface area contributed by atoms with Crippen molar-refractivity contribution in [2.24, 2.45) is 0 Å². The van der Waals surface area contributed by atoms with E-state index in [1.54, 1.807) is 12.1 Å². The molecule has 2 aromatic rings. The smallest absolute Gasteiger partial charge is 0.336 e. The molecule has 122 valence electrons. The topological polar surface area (TPSA) is 52.6 Å². The summed E-state index contributed by atoms with van der Waals surface area (Å²) in [6.07, 6.45) is 0. The highest BCUT2D eigenvalue weighted by atomic mass is 16.4. The molecule has 2 rings (SSSR count). The standard InChI is InChI=1S/C19H24N2O2/c1-4-21(5-2)16-11-9-15(10-12-16)13-20-18-8-6-7-17(14(18)3)19(22)23/h6-12,20H,4-5,13H2,1-3H3,(H,22,23). The summed E-state index contributed by atoms with van der Waals surface area (Å²) < 4.78 is 0. The van der Waals surface area contributed by atoms with Crippen LogP contribution in [0.25, 0.3) is 0 Å². The van der Waals surface area contributed by atoms with Crippen LogP contribution in [0, 0.1) is 6.92 Å². The van der Waals surface area contributed by atoms with Crippen LogP contribution < -0.4 is 10.2 Å². The molecule has 0 aliphatic heterocycles. The lowest BCUT2D eigenvalue weighted by atomic mass is 10.1. The van der Waals surface area contributed by atoms with Crippen molar-refractivity contribution in [3.05, 3.63) is 59.2 Å². The van der Waals surface area contributed by atoms with Crippen LogP contribution in [0.15, 0.2) is 42.5 Å². The molecule has 0 spiro atoms. The molecule has 23 heavy (non-hydrogen) atoms. The number of nitrogens with one attached hydrogen (secondary N) is 1. The number of carboxylic acid groups (broad SMARTS) is 1. The number of nitrogens with zero attached hydrogens (tertiary/aromatic N) is 1. The average Bonchev–Trinajstić information content (AvgIpc) is 2.56. The van der Waals surface area contributed by atoms with Crippen molar-refractivity contribution < 1.29 is 9.90 Å². The molecule has 0 saturated heterocycles. The van der Waals surface area contributed by atoms with Crippen molar-refractivity contribution >= 4 is 17.3 Å². The summed E-state index contributed by atoms with van der Waals surface area (Å²) in [5.41, 5.74) is 4.35. The van der Waals surface area contributed by atoms with E-state index in [1.807, 2.05) is 13.0 Å². The second-order valence-corrected chi connectivity index (χ2v) is 5.48. The Balaban J connectivity index is 2.07. The van der Waals surface area contributed by atoms with Gasteiger partial charge in [0.2, 0.25) is 0 Å². The molecule has 0 radical (unpaired) electrons. The minimum absolute atomic E-state index is 0.340. The minimum Gasteiger partial charge on any atom is -0.478 e. The molecule has 0 heterocycles. The van der Waals surface area contributed by atoms with Crippen LogP contribution in [-0.4, -0.2) is 24.2 Å². The van der Waals surface area contributed by atoms with E-state index in [-0.39, 0.29) is 0 Å². The molecule has 0 fully saturated rings. The Bertz CT molecular complexity index is 662. The highest BCUT2D eigenvalue weighted by Gasteiger charge is 2.09. The maximum absolute atomic E-state index is 11.2. The number of anilines is 2. The molecule has 0 amide bonds. The van der Waals surface area contributed by atoms with Crippen LogP contribution in [0.1, 0.15) is 35.3 Å². The molecule has 2 aromatic carbocycles. The zero-order chi connectivity index (χ0) is 16.8. The molecule has 0 bridgehead atoms. The molecule has 0 aliphatic rings. The second kappa shape index (κ2) is 7.68. The van der Waals surface area contributed by atoms with Crippen molar-refractivity contribution in [1.29, 1.82) is 0 Å². The summed E-state index contributed by atoms with van der Waals surface area (Å²) in [4.78, 5) is 13.5. The first-order valence-electron chi connectivity index (χ1n) is 7.97. The van der Waals surface area contributed by atoms with Crippen molar-refractivity contribution in [2.45, 2.75) is 27.3 Å². The molecule has 4 heteroatoms. The van der Waals surface area contributed by atoms with Crippen LogP contribution in [0.3, 0.4) is 0 Å². The monoisotopic (exact) mass is 312 g/mol. The van der Waals surface area contributed by atoms with E-state index < -0.39 is 5.97 Å². The van der Waals surface area contributed by atoms with E-state index in [4.69, 9.17) is 0 Å². The molecular formula is C19H24N2O2. The SMILES string of the molecule is CCN(CC)c1ccc(CNc2cccc(C(=O)O)c2C)cc1. The summed E-state index contributed by atoms with van der Waals surface area (Å²) in [7, 11) is 0. The summed E-state index contributed by atoms with van der Waals surface area (Å²) in [6.45, 7) is 8.79. The van der Waals surface area contributed by atoms with Gasteiger partial charge < -0.3 is 15.3 Å². The van der Waals surface area contributed by atoms with Gasteiger partial charge in [-0.25, -0.2) is 4.79 Å². The van der Waals surface area contributed by atoms with Crippen molar-refractivity contribution in [3.63, 3.8) is 0 Å². The summed E-state index contributed by atoms with van der Waals surface area (Å²) in [6, 6.07) is 13.8. The average molecular weight is 312 g/mol. The fourth-order valence-electron chi connectivity index (χ4n) is 2.67. The Morgan fingerprint density at radius 3 is 2.30 bits per heavy atom. The summed E-state index contributed by atoms with van der Waals surface area (Å²) in [5, 5.41) is 12.5. The first-order chi connectivity index (χ1) is 11.1. The Morgan fingerprint density at radius 1 is 1.09 bits per heavy atom. The van der Waals surface area contributed by atoms with Gasteiger partial charge in [0, 0.05) is 31.0 Å². The van der Waals surface area contributed by atoms with E-state index in [0.717, 1.165) is 24.3 Å². The van der Waals surface area contributed by atoms with E-state index in [2.05, 4.69) is 48.3 Å². The van der Waals surface area contributed by atoms with Gasteiger partial charge in [-0.3, -0.25) is 0 Å². The van der Waals surface area contributed by atoms with Crippen LogP contribution in [0.4, 0.5) is 11.4 Å². The number of hydrogen-bond donors (Lipinski definition) is 2. The van der Waals surface area contributed by atoms with Gasteiger partial charge in [0.05, 0.1) is 5.56 Å². The van der Waals surface area contributed by atoms with Crippen molar-refractivity contribution in [1.82, 2.24) is 0 Å². The second-order valence-electron chi connectivity index (χ2n) is 5.48. The number of benzene rings is 2. The van der Waals surface area contributed by atoms with Gasteiger partial charge in [-0.05, 0) is 56.2 Å². The Hall–Kier alpha value is -2.49. The van der Waals surface area contributed by atoms with Gasteiger partial charge in [0.25, 0.3) is 0 Å². The van der Waals surface area contributed by atoms with Gasteiger partial charge in [0.15, 0.2) is 0 Å². The molecule has 0 unspecified atom stereocenters. The van der Waals surface area contributed by atoms with Crippen molar-refractivity contribution in [3.8, 4) is 0 Å².